The molecule has 154 valence electrons. The molecule has 4 heterocycles. The van der Waals surface area contributed by atoms with Gasteiger partial charge in [0, 0.05) is 12.7 Å². The van der Waals surface area contributed by atoms with Crippen LogP contribution in [0.2, 0.25) is 0 Å². The molecule has 3 aromatic heterocycles. The van der Waals surface area contributed by atoms with E-state index in [2.05, 4.69) is 30.9 Å². The minimum Gasteiger partial charge on any atom is -0.444 e. The van der Waals surface area contributed by atoms with Crippen LogP contribution in [0.25, 0.3) is 17.0 Å². The molecule has 1 aliphatic heterocycles. The summed E-state index contributed by atoms with van der Waals surface area (Å²) in [7, 11) is 0. The van der Waals surface area contributed by atoms with Crippen LogP contribution in [-0.4, -0.2) is 37.9 Å². The molecule has 5 rings (SSSR count). The molecule has 1 N–H and O–H groups in total. The van der Waals surface area contributed by atoms with Crippen LogP contribution in [0.1, 0.15) is 29.1 Å². The summed E-state index contributed by atoms with van der Waals surface area (Å²) in [5, 5.41) is 7.49. The zero-order valence-electron chi connectivity index (χ0n) is 16.3. The molecule has 8 nitrogen and oxygen atoms in total. The summed E-state index contributed by atoms with van der Waals surface area (Å²) in [6.45, 7) is 3.34. The number of rotatable bonds is 5. The van der Waals surface area contributed by atoms with Crippen LogP contribution in [0.3, 0.4) is 0 Å². The molecule has 1 aliphatic rings. The Morgan fingerprint density at radius 1 is 1.30 bits per heavy atom. The quantitative estimate of drug-likeness (QED) is 0.470. The van der Waals surface area contributed by atoms with Gasteiger partial charge in [0.15, 0.2) is 10.4 Å². The van der Waals surface area contributed by atoms with Crippen LogP contribution in [0.15, 0.2) is 51.6 Å². The molecule has 1 unspecified atom stereocenters. The lowest BCUT2D eigenvalue weighted by Crippen LogP contribution is -2.20. The standard InChI is InChI=1S/C21H20BrN5O3/c1-13-11-19(24-20(28)17-8-9-18(22)30-17)27(25-13)21-23-15-6-2-3-7-16(15)26(21)12-14-5-4-10-29-14/h2-3,6-9,11,14H,4-5,10,12H2,1H3,(H,24,28). The van der Waals surface area contributed by atoms with Crippen LogP contribution in [-0.2, 0) is 11.3 Å². The van der Waals surface area contributed by atoms with Gasteiger partial charge in [-0.3, -0.25) is 4.79 Å². The van der Waals surface area contributed by atoms with Crippen molar-refractivity contribution in [2.24, 2.45) is 0 Å². The number of hydrogen-bond donors (Lipinski definition) is 1. The summed E-state index contributed by atoms with van der Waals surface area (Å²) < 4.78 is 15.5. The number of fused-ring (bicyclic) bond motifs is 1. The number of carbonyl (C=O) groups excluding carboxylic acids is 1. The molecule has 0 aliphatic carbocycles. The van der Waals surface area contributed by atoms with Crippen LogP contribution < -0.4 is 5.32 Å². The van der Waals surface area contributed by atoms with Gasteiger partial charge in [0.2, 0.25) is 5.95 Å². The summed E-state index contributed by atoms with van der Waals surface area (Å²) in [6.07, 6.45) is 2.21. The van der Waals surface area contributed by atoms with Gasteiger partial charge in [0.05, 0.1) is 29.4 Å². The Morgan fingerprint density at radius 2 is 2.17 bits per heavy atom. The maximum atomic E-state index is 12.6. The van der Waals surface area contributed by atoms with Gasteiger partial charge >= 0.3 is 0 Å². The van der Waals surface area contributed by atoms with E-state index in [9.17, 15) is 4.79 Å². The van der Waals surface area contributed by atoms with E-state index >= 15 is 0 Å². The van der Waals surface area contributed by atoms with Gasteiger partial charge in [-0.2, -0.15) is 9.78 Å². The number of benzene rings is 1. The summed E-state index contributed by atoms with van der Waals surface area (Å²) in [5.41, 5.74) is 2.64. The Labute approximate surface area is 181 Å². The first-order chi connectivity index (χ1) is 14.6. The van der Waals surface area contributed by atoms with E-state index in [0.717, 1.165) is 36.2 Å². The van der Waals surface area contributed by atoms with Crippen molar-refractivity contribution in [1.29, 1.82) is 0 Å². The number of imidazole rings is 1. The molecule has 9 heteroatoms. The fraction of sp³-hybridized carbons (Fsp3) is 0.286. The Hall–Kier alpha value is -2.91. The largest absolute Gasteiger partial charge is 0.444 e. The molecule has 0 radical (unpaired) electrons. The minimum absolute atomic E-state index is 0.136. The molecular weight excluding hydrogens is 450 g/mol. The fourth-order valence-corrected chi connectivity index (χ4v) is 4.06. The molecule has 0 bridgehead atoms. The predicted molar refractivity (Wildman–Crippen MR) is 115 cm³/mol. The third-order valence-corrected chi connectivity index (χ3v) is 5.53. The Kier molecular flexibility index (Phi) is 4.92. The van der Waals surface area contributed by atoms with Crippen molar-refractivity contribution in [2.45, 2.75) is 32.4 Å². The van der Waals surface area contributed by atoms with Crippen LogP contribution >= 0.6 is 15.9 Å². The number of carbonyl (C=O) groups is 1. The number of aryl methyl sites for hydroxylation is 1. The van der Waals surface area contributed by atoms with Crippen LogP contribution in [0.4, 0.5) is 5.82 Å². The van der Waals surface area contributed by atoms with Crippen LogP contribution in [0, 0.1) is 6.92 Å². The second-order valence-electron chi connectivity index (χ2n) is 7.29. The highest BCUT2D eigenvalue weighted by atomic mass is 79.9. The number of hydrogen-bond acceptors (Lipinski definition) is 5. The lowest BCUT2D eigenvalue weighted by Gasteiger charge is -2.15. The first-order valence-electron chi connectivity index (χ1n) is 9.79. The summed E-state index contributed by atoms with van der Waals surface area (Å²) in [4.78, 5) is 17.5. The van der Waals surface area contributed by atoms with Gasteiger partial charge in [-0.25, -0.2) is 4.98 Å². The fourth-order valence-electron chi connectivity index (χ4n) is 3.75. The molecular formula is C21H20BrN5O3. The van der Waals surface area contributed by atoms with E-state index in [4.69, 9.17) is 14.1 Å². The molecule has 1 saturated heterocycles. The molecule has 30 heavy (non-hydrogen) atoms. The maximum absolute atomic E-state index is 12.6. The number of ether oxygens (including phenoxy) is 1. The number of nitrogens with zero attached hydrogens (tertiary/aromatic N) is 4. The highest BCUT2D eigenvalue weighted by Gasteiger charge is 2.23. The predicted octanol–water partition coefficient (Wildman–Crippen LogP) is 4.32. The Bertz CT molecular complexity index is 1220. The summed E-state index contributed by atoms with van der Waals surface area (Å²) >= 11 is 3.22. The van der Waals surface area contributed by atoms with E-state index in [1.807, 2.05) is 37.3 Å². The lowest BCUT2D eigenvalue weighted by molar-refractivity contribution is 0.0975. The van der Waals surface area contributed by atoms with Gasteiger partial charge in [-0.1, -0.05) is 12.1 Å². The average molecular weight is 470 g/mol. The Balaban J connectivity index is 1.56. The molecule has 1 amide bonds. The van der Waals surface area contributed by atoms with Gasteiger partial charge in [-0.05, 0) is 60.0 Å². The van der Waals surface area contributed by atoms with E-state index in [1.165, 1.54) is 0 Å². The van der Waals surface area contributed by atoms with Crippen molar-refractivity contribution in [1.82, 2.24) is 19.3 Å². The third kappa shape index (κ3) is 3.54. The van der Waals surface area contributed by atoms with E-state index < -0.39 is 0 Å². The number of anilines is 1. The number of halogens is 1. The number of nitrogens with one attached hydrogen (secondary N) is 1. The third-order valence-electron chi connectivity index (χ3n) is 5.10. The Morgan fingerprint density at radius 3 is 2.93 bits per heavy atom. The number of amides is 1. The normalized spacial score (nSPS) is 16.4. The van der Waals surface area contributed by atoms with Crippen molar-refractivity contribution in [2.75, 3.05) is 11.9 Å². The van der Waals surface area contributed by atoms with Gasteiger partial charge < -0.3 is 19.0 Å². The lowest BCUT2D eigenvalue weighted by atomic mass is 10.2. The molecule has 4 aromatic rings. The highest BCUT2D eigenvalue weighted by molar-refractivity contribution is 9.10. The van der Waals surface area contributed by atoms with Crippen molar-refractivity contribution >= 4 is 38.7 Å². The number of aromatic nitrogens is 4. The molecule has 1 fully saturated rings. The zero-order chi connectivity index (χ0) is 20.7. The first-order valence-corrected chi connectivity index (χ1v) is 10.6. The highest BCUT2D eigenvalue weighted by Crippen LogP contribution is 2.25. The maximum Gasteiger partial charge on any atom is 0.292 e. The molecule has 1 atom stereocenters. The average Bonchev–Trinajstić information content (AvgIpc) is 3.50. The van der Waals surface area contributed by atoms with E-state index in [0.29, 0.717) is 23.0 Å². The zero-order valence-corrected chi connectivity index (χ0v) is 17.9. The van der Waals surface area contributed by atoms with Gasteiger partial charge in [-0.15, -0.1) is 0 Å². The summed E-state index contributed by atoms with van der Waals surface area (Å²) in [6, 6.07) is 13.1. The monoisotopic (exact) mass is 469 g/mol. The van der Waals surface area contributed by atoms with E-state index in [-0.39, 0.29) is 17.8 Å². The molecule has 1 aromatic carbocycles. The van der Waals surface area contributed by atoms with Gasteiger partial charge in [0.25, 0.3) is 5.91 Å². The summed E-state index contributed by atoms with van der Waals surface area (Å²) in [5.74, 6) is 1.01. The SMILES string of the molecule is Cc1cc(NC(=O)c2ccc(Br)o2)n(-c2nc3ccccc3n2CC2CCCO2)n1. The van der Waals surface area contributed by atoms with Crippen molar-refractivity contribution < 1.29 is 13.9 Å². The smallest absolute Gasteiger partial charge is 0.292 e. The first kappa shape index (κ1) is 19.1. The minimum atomic E-state index is -0.358. The van der Waals surface area contributed by atoms with Crippen molar-refractivity contribution in [3.8, 4) is 5.95 Å². The second-order valence-corrected chi connectivity index (χ2v) is 8.07. The molecule has 0 saturated carbocycles. The van der Waals surface area contributed by atoms with Crippen LogP contribution in [0.5, 0.6) is 0 Å². The number of furan rings is 1. The van der Waals surface area contributed by atoms with E-state index in [1.54, 1.807) is 16.8 Å². The topological polar surface area (TPSA) is 87.1 Å². The van der Waals surface area contributed by atoms with Crippen molar-refractivity contribution in [3.63, 3.8) is 0 Å². The second kappa shape index (κ2) is 7.73. The van der Waals surface area contributed by atoms with Gasteiger partial charge in [0.1, 0.15) is 5.82 Å². The van der Waals surface area contributed by atoms with Crippen molar-refractivity contribution in [3.05, 3.63) is 58.6 Å². The number of para-hydroxylation sites is 2. The molecule has 0 spiro atoms.